The Balaban J connectivity index is 1.62. The number of anilines is 1. The number of amides is 2. The molecule has 0 unspecified atom stereocenters. The van der Waals surface area contributed by atoms with Crippen LogP contribution in [0.2, 0.25) is 0 Å². The lowest BCUT2D eigenvalue weighted by atomic mass is 10.1. The summed E-state index contributed by atoms with van der Waals surface area (Å²) in [6, 6.07) is 15.2. The quantitative estimate of drug-likeness (QED) is 0.645. The minimum atomic E-state index is -0.291. The van der Waals surface area contributed by atoms with Gasteiger partial charge in [0.25, 0.3) is 11.8 Å². The molecule has 0 fully saturated rings. The molecule has 0 saturated heterocycles. The van der Waals surface area contributed by atoms with Gasteiger partial charge >= 0.3 is 0 Å². The molecule has 0 aliphatic rings. The molecule has 7 nitrogen and oxygen atoms in total. The monoisotopic (exact) mass is 391 g/mol. The van der Waals surface area contributed by atoms with Crippen molar-refractivity contribution in [1.29, 1.82) is 0 Å². The Hall–Kier alpha value is -3.87. The molecule has 0 spiro atoms. The van der Waals surface area contributed by atoms with E-state index in [1.807, 2.05) is 12.1 Å². The Morgan fingerprint density at radius 1 is 0.828 bits per heavy atom. The van der Waals surface area contributed by atoms with Gasteiger partial charge in [-0.15, -0.1) is 0 Å². The smallest absolute Gasteiger partial charge is 0.255 e. The number of carbonyl (C=O) groups is 2. The van der Waals surface area contributed by atoms with E-state index in [4.69, 9.17) is 9.47 Å². The van der Waals surface area contributed by atoms with Gasteiger partial charge in [-0.25, -0.2) is 0 Å². The van der Waals surface area contributed by atoms with Crippen molar-refractivity contribution >= 4 is 17.5 Å². The minimum absolute atomic E-state index is 0.214. The van der Waals surface area contributed by atoms with Crippen LogP contribution in [0.3, 0.4) is 0 Å². The molecule has 0 bridgehead atoms. The van der Waals surface area contributed by atoms with Crippen LogP contribution in [0.5, 0.6) is 11.5 Å². The molecule has 0 aliphatic carbocycles. The second kappa shape index (κ2) is 9.36. The first-order valence-electron chi connectivity index (χ1n) is 8.91. The van der Waals surface area contributed by atoms with E-state index in [0.29, 0.717) is 34.9 Å². The zero-order valence-corrected chi connectivity index (χ0v) is 16.1. The third-order valence-corrected chi connectivity index (χ3v) is 4.25. The van der Waals surface area contributed by atoms with E-state index in [1.54, 1.807) is 62.0 Å². The van der Waals surface area contributed by atoms with Crippen LogP contribution in [-0.4, -0.2) is 31.0 Å². The third kappa shape index (κ3) is 5.10. The number of aromatic nitrogens is 1. The molecule has 3 rings (SSSR count). The molecule has 2 amide bonds. The first-order chi connectivity index (χ1) is 14.1. The van der Waals surface area contributed by atoms with Crippen LogP contribution < -0.4 is 20.1 Å². The summed E-state index contributed by atoms with van der Waals surface area (Å²) in [5.74, 6) is 0.591. The number of methoxy groups -OCH3 is 2. The van der Waals surface area contributed by atoms with E-state index in [2.05, 4.69) is 15.6 Å². The van der Waals surface area contributed by atoms with Crippen molar-refractivity contribution in [3.63, 3.8) is 0 Å². The molecular formula is C22H21N3O4. The van der Waals surface area contributed by atoms with Gasteiger partial charge in [-0.2, -0.15) is 0 Å². The average Bonchev–Trinajstić information content (AvgIpc) is 2.78. The predicted octanol–water partition coefficient (Wildman–Crippen LogP) is 3.28. The molecule has 0 atom stereocenters. The molecule has 2 aromatic carbocycles. The van der Waals surface area contributed by atoms with E-state index < -0.39 is 0 Å². The Labute approximate surface area is 168 Å². The van der Waals surface area contributed by atoms with Gasteiger partial charge in [-0.3, -0.25) is 14.6 Å². The summed E-state index contributed by atoms with van der Waals surface area (Å²) >= 11 is 0. The van der Waals surface area contributed by atoms with E-state index in [-0.39, 0.29) is 11.8 Å². The first kappa shape index (κ1) is 19.9. The van der Waals surface area contributed by atoms with Crippen LogP contribution in [0, 0.1) is 0 Å². The van der Waals surface area contributed by atoms with Crippen LogP contribution in [0.15, 0.2) is 67.0 Å². The van der Waals surface area contributed by atoms with Gasteiger partial charge in [0.1, 0.15) is 0 Å². The second-order valence-electron chi connectivity index (χ2n) is 6.14. The second-order valence-corrected chi connectivity index (χ2v) is 6.14. The molecule has 7 heteroatoms. The Kier molecular flexibility index (Phi) is 6.42. The Bertz CT molecular complexity index is 989. The van der Waals surface area contributed by atoms with Gasteiger partial charge in [0, 0.05) is 41.8 Å². The summed E-state index contributed by atoms with van der Waals surface area (Å²) < 4.78 is 10.4. The van der Waals surface area contributed by atoms with Crippen molar-refractivity contribution in [1.82, 2.24) is 10.3 Å². The van der Waals surface area contributed by atoms with Crippen LogP contribution in [0.25, 0.3) is 0 Å². The number of rotatable bonds is 7. The van der Waals surface area contributed by atoms with Crippen molar-refractivity contribution in [2.45, 2.75) is 6.54 Å². The van der Waals surface area contributed by atoms with Crippen LogP contribution in [-0.2, 0) is 6.54 Å². The van der Waals surface area contributed by atoms with Gasteiger partial charge < -0.3 is 20.1 Å². The summed E-state index contributed by atoms with van der Waals surface area (Å²) in [7, 11) is 3.08. The average molecular weight is 391 g/mol. The highest BCUT2D eigenvalue weighted by atomic mass is 16.5. The summed E-state index contributed by atoms with van der Waals surface area (Å²) in [5, 5.41) is 5.63. The molecular weight excluding hydrogens is 370 g/mol. The van der Waals surface area contributed by atoms with Crippen LogP contribution in [0.4, 0.5) is 5.69 Å². The lowest BCUT2D eigenvalue weighted by molar-refractivity contribution is 0.0949. The molecule has 29 heavy (non-hydrogen) atoms. The molecule has 3 aromatic rings. The van der Waals surface area contributed by atoms with E-state index >= 15 is 0 Å². The fourth-order valence-electron chi connectivity index (χ4n) is 2.68. The van der Waals surface area contributed by atoms with Crippen molar-refractivity contribution < 1.29 is 19.1 Å². The minimum Gasteiger partial charge on any atom is -0.493 e. The highest BCUT2D eigenvalue weighted by molar-refractivity contribution is 6.05. The normalized spacial score (nSPS) is 10.1. The fraction of sp³-hybridized carbons (Fsp3) is 0.136. The molecule has 1 aromatic heterocycles. The van der Waals surface area contributed by atoms with Crippen LogP contribution in [0.1, 0.15) is 26.3 Å². The lowest BCUT2D eigenvalue weighted by Gasteiger charge is -2.11. The van der Waals surface area contributed by atoms with E-state index in [0.717, 1.165) is 5.56 Å². The number of carbonyl (C=O) groups excluding carboxylic acids is 2. The van der Waals surface area contributed by atoms with Gasteiger partial charge in [-0.1, -0.05) is 0 Å². The lowest BCUT2D eigenvalue weighted by Crippen LogP contribution is -2.23. The molecule has 0 saturated carbocycles. The standard InChI is InChI=1S/C22H21N3O4/c1-28-19-8-7-18(13-20(19)29-2)25-22(27)17-5-3-16(4-6-17)21(26)24-14-15-9-11-23-12-10-15/h3-13H,14H2,1-2H3,(H,24,26)(H,25,27). The molecule has 0 aliphatic heterocycles. The number of pyridine rings is 1. The Morgan fingerprint density at radius 3 is 2.07 bits per heavy atom. The van der Waals surface area contributed by atoms with Crippen molar-refractivity contribution in [3.05, 3.63) is 83.7 Å². The van der Waals surface area contributed by atoms with E-state index in [9.17, 15) is 9.59 Å². The Morgan fingerprint density at radius 2 is 1.45 bits per heavy atom. The summed E-state index contributed by atoms with van der Waals surface area (Å²) in [5.41, 5.74) is 2.44. The third-order valence-electron chi connectivity index (χ3n) is 4.25. The zero-order valence-electron chi connectivity index (χ0n) is 16.1. The van der Waals surface area contributed by atoms with Crippen molar-refractivity contribution in [2.75, 3.05) is 19.5 Å². The highest BCUT2D eigenvalue weighted by Crippen LogP contribution is 2.29. The van der Waals surface area contributed by atoms with Gasteiger partial charge in [-0.05, 0) is 54.1 Å². The summed E-state index contributed by atoms with van der Waals surface area (Å²) in [6.07, 6.45) is 3.35. The van der Waals surface area contributed by atoms with Crippen molar-refractivity contribution in [2.24, 2.45) is 0 Å². The number of nitrogens with one attached hydrogen (secondary N) is 2. The van der Waals surface area contributed by atoms with E-state index in [1.165, 1.54) is 7.11 Å². The maximum atomic E-state index is 12.5. The largest absolute Gasteiger partial charge is 0.493 e. The van der Waals surface area contributed by atoms with Gasteiger partial charge in [0.05, 0.1) is 14.2 Å². The molecule has 2 N–H and O–H groups in total. The molecule has 148 valence electrons. The number of nitrogens with zero attached hydrogens (tertiary/aromatic N) is 1. The number of ether oxygens (including phenoxy) is 2. The number of benzene rings is 2. The summed E-state index contributed by atoms with van der Waals surface area (Å²) in [4.78, 5) is 28.7. The highest BCUT2D eigenvalue weighted by Gasteiger charge is 2.11. The maximum Gasteiger partial charge on any atom is 0.255 e. The fourth-order valence-corrected chi connectivity index (χ4v) is 2.68. The topological polar surface area (TPSA) is 89.5 Å². The molecule has 0 radical (unpaired) electrons. The number of hydrogen-bond donors (Lipinski definition) is 2. The van der Waals surface area contributed by atoms with Gasteiger partial charge in [0.2, 0.25) is 0 Å². The molecule has 1 heterocycles. The van der Waals surface area contributed by atoms with Gasteiger partial charge in [0.15, 0.2) is 11.5 Å². The zero-order chi connectivity index (χ0) is 20.6. The SMILES string of the molecule is COc1ccc(NC(=O)c2ccc(C(=O)NCc3ccncc3)cc2)cc1OC. The maximum absolute atomic E-state index is 12.5. The first-order valence-corrected chi connectivity index (χ1v) is 8.91. The van der Waals surface area contributed by atoms with Crippen LogP contribution >= 0.6 is 0 Å². The predicted molar refractivity (Wildman–Crippen MR) is 109 cm³/mol. The summed E-state index contributed by atoms with van der Waals surface area (Å²) in [6.45, 7) is 0.406. The van der Waals surface area contributed by atoms with Crippen molar-refractivity contribution in [3.8, 4) is 11.5 Å². The number of hydrogen-bond acceptors (Lipinski definition) is 5.